The smallest absolute Gasteiger partial charge is 0.217 e. The van der Waals surface area contributed by atoms with E-state index in [0.717, 1.165) is 31.7 Å². The van der Waals surface area contributed by atoms with Crippen molar-refractivity contribution in [3.63, 3.8) is 0 Å². The zero-order chi connectivity index (χ0) is 24.0. The molecular weight excluding hydrogens is 420 g/mol. The zero-order valence-corrected chi connectivity index (χ0v) is 20.0. The molecule has 1 aliphatic rings. The molecule has 2 aromatic rings. The lowest BCUT2D eigenvalue weighted by atomic mass is 9.75. The van der Waals surface area contributed by atoms with E-state index < -0.39 is 23.7 Å². The van der Waals surface area contributed by atoms with E-state index in [0.29, 0.717) is 18.0 Å². The van der Waals surface area contributed by atoms with Crippen LogP contribution in [0.5, 0.6) is 0 Å². The summed E-state index contributed by atoms with van der Waals surface area (Å²) in [4.78, 5) is 11.8. The van der Waals surface area contributed by atoms with Crippen LogP contribution in [0.15, 0.2) is 42.5 Å². The van der Waals surface area contributed by atoms with Gasteiger partial charge in [-0.05, 0) is 54.0 Å². The third-order valence-electron chi connectivity index (χ3n) is 6.77. The molecule has 1 amide bonds. The molecule has 1 fully saturated rings. The first-order valence-electron chi connectivity index (χ1n) is 12.0. The van der Waals surface area contributed by atoms with Crippen molar-refractivity contribution in [2.45, 2.75) is 82.8 Å². The van der Waals surface area contributed by atoms with E-state index >= 15 is 0 Å². The van der Waals surface area contributed by atoms with Gasteiger partial charge in [0.25, 0.3) is 0 Å². The summed E-state index contributed by atoms with van der Waals surface area (Å²) in [6.07, 6.45) is 5.83. The Balaban J connectivity index is 1.78. The Bertz CT molecular complexity index is 920. The van der Waals surface area contributed by atoms with Gasteiger partial charge in [-0.15, -0.1) is 0 Å². The number of carbonyl (C=O) groups excluding carboxylic acids is 1. The van der Waals surface area contributed by atoms with Crippen LogP contribution in [-0.2, 0) is 16.8 Å². The number of benzene rings is 2. The zero-order valence-electron chi connectivity index (χ0n) is 20.0. The largest absolute Gasteiger partial charge is 0.352 e. The minimum absolute atomic E-state index is 0.160. The molecule has 4 N–H and O–H groups in total. The Morgan fingerprint density at radius 2 is 1.73 bits per heavy atom. The molecule has 0 unspecified atom stereocenters. The van der Waals surface area contributed by atoms with Gasteiger partial charge in [0.1, 0.15) is 11.6 Å². The van der Waals surface area contributed by atoms with Crippen molar-refractivity contribution in [2.75, 3.05) is 6.54 Å². The standard InChI is InChI=1S/C27H37F2N3O/c1-18(2)21-8-7-9-22(15-21)27(10-5-4-6-11-27)31-17-25(30)26(32-19(3)33)14-20-12-23(28)16-24(29)13-20/h7-9,12-13,15-16,18,25-26,31H,4-6,10-11,14,17,30H2,1-3H3,(H,32,33)/t25-,26-/m0/s1. The van der Waals surface area contributed by atoms with Gasteiger partial charge in [-0.3, -0.25) is 4.79 Å². The van der Waals surface area contributed by atoms with Crippen LogP contribution in [0.25, 0.3) is 0 Å². The third-order valence-corrected chi connectivity index (χ3v) is 6.77. The average Bonchev–Trinajstić information content (AvgIpc) is 2.77. The van der Waals surface area contributed by atoms with Crippen LogP contribution in [0.4, 0.5) is 8.78 Å². The van der Waals surface area contributed by atoms with E-state index in [-0.39, 0.29) is 17.9 Å². The van der Waals surface area contributed by atoms with E-state index in [1.807, 2.05) is 0 Å². The second-order valence-corrected chi connectivity index (χ2v) is 9.76. The highest BCUT2D eigenvalue weighted by molar-refractivity contribution is 5.73. The first-order valence-corrected chi connectivity index (χ1v) is 12.0. The van der Waals surface area contributed by atoms with Crippen LogP contribution in [0, 0.1) is 11.6 Å². The quantitative estimate of drug-likeness (QED) is 0.501. The van der Waals surface area contributed by atoms with Gasteiger partial charge in [0.2, 0.25) is 5.91 Å². The molecule has 0 saturated heterocycles. The monoisotopic (exact) mass is 457 g/mol. The van der Waals surface area contributed by atoms with Gasteiger partial charge in [-0.2, -0.15) is 0 Å². The maximum absolute atomic E-state index is 13.7. The summed E-state index contributed by atoms with van der Waals surface area (Å²) in [5.41, 5.74) is 9.46. The number of amides is 1. The fourth-order valence-electron chi connectivity index (χ4n) is 4.93. The average molecular weight is 458 g/mol. The van der Waals surface area contributed by atoms with Crippen molar-refractivity contribution in [3.05, 3.63) is 70.8 Å². The Kier molecular flexibility index (Phi) is 8.60. The van der Waals surface area contributed by atoms with Crippen LogP contribution in [-0.4, -0.2) is 24.5 Å². The molecular formula is C27H37F2N3O. The molecule has 6 heteroatoms. The Hall–Kier alpha value is -2.31. The summed E-state index contributed by atoms with van der Waals surface area (Å²) >= 11 is 0. The Morgan fingerprint density at radius 1 is 1.06 bits per heavy atom. The van der Waals surface area contributed by atoms with Crippen molar-refractivity contribution in [3.8, 4) is 0 Å². The summed E-state index contributed by atoms with van der Waals surface area (Å²) in [7, 11) is 0. The molecule has 0 radical (unpaired) electrons. The molecule has 2 atom stereocenters. The topological polar surface area (TPSA) is 67.2 Å². The highest BCUT2D eigenvalue weighted by Gasteiger charge is 2.34. The van der Waals surface area contributed by atoms with Crippen LogP contribution in [0.1, 0.15) is 75.5 Å². The normalized spacial score (nSPS) is 17.5. The van der Waals surface area contributed by atoms with Gasteiger partial charge in [0, 0.05) is 37.2 Å². The number of nitrogens with two attached hydrogens (primary N) is 1. The van der Waals surface area contributed by atoms with Crippen molar-refractivity contribution in [2.24, 2.45) is 5.73 Å². The van der Waals surface area contributed by atoms with Gasteiger partial charge in [-0.25, -0.2) is 8.78 Å². The molecule has 4 nitrogen and oxygen atoms in total. The maximum atomic E-state index is 13.7. The Morgan fingerprint density at radius 3 is 2.33 bits per heavy atom. The van der Waals surface area contributed by atoms with Crippen molar-refractivity contribution in [1.29, 1.82) is 0 Å². The van der Waals surface area contributed by atoms with Crippen LogP contribution >= 0.6 is 0 Å². The summed E-state index contributed by atoms with van der Waals surface area (Å²) in [6.45, 7) is 6.31. The van der Waals surface area contributed by atoms with Crippen LogP contribution in [0.2, 0.25) is 0 Å². The summed E-state index contributed by atoms with van der Waals surface area (Å²) in [6, 6.07) is 11.3. The first-order chi connectivity index (χ1) is 15.7. The fourth-order valence-corrected chi connectivity index (χ4v) is 4.93. The molecule has 1 saturated carbocycles. The van der Waals surface area contributed by atoms with Gasteiger partial charge in [0.05, 0.1) is 0 Å². The molecule has 0 spiro atoms. The van der Waals surface area contributed by atoms with Crippen molar-refractivity contribution < 1.29 is 13.6 Å². The van der Waals surface area contributed by atoms with Gasteiger partial charge >= 0.3 is 0 Å². The van der Waals surface area contributed by atoms with Crippen molar-refractivity contribution >= 4 is 5.91 Å². The van der Waals surface area contributed by atoms with Crippen molar-refractivity contribution in [1.82, 2.24) is 10.6 Å². The summed E-state index contributed by atoms with van der Waals surface area (Å²) < 4.78 is 27.4. The minimum Gasteiger partial charge on any atom is -0.352 e. The summed E-state index contributed by atoms with van der Waals surface area (Å²) in [5.74, 6) is -1.04. The lowest BCUT2D eigenvalue weighted by molar-refractivity contribution is -0.119. The maximum Gasteiger partial charge on any atom is 0.217 e. The molecule has 1 aliphatic carbocycles. The molecule has 0 bridgehead atoms. The number of carbonyl (C=O) groups is 1. The predicted molar refractivity (Wildman–Crippen MR) is 129 cm³/mol. The molecule has 33 heavy (non-hydrogen) atoms. The second kappa shape index (κ2) is 11.2. The van der Waals surface area contributed by atoms with E-state index in [4.69, 9.17) is 5.73 Å². The highest BCUT2D eigenvalue weighted by Crippen LogP contribution is 2.38. The number of hydrogen-bond acceptors (Lipinski definition) is 3. The van der Waals surface area contributed by atoms with Crippen LogP contribution < -0.4 is 16.4 Å². The van der Waals surface area contributed by atoms with Gasteiger partial charge < -0.3 is 16.4 Å². The van der Waals surface area contributed by atoms with E-state index in [1.54, 1.807) is 0 Å². The molecule has 0 aliphatic heterocycles. The molecule has 3 rings (SSSR count). The second-order valence-electron chi connectivity index (χ2n) is 9.76. The van der Waals surface area contributed by atoms with Gasteiger partial charge in [0.15, 0.2) is 0 Å². The number of halogens is 2. The first kappa shape index (κ1) is 25.3. The van der Waals surface area contributed by atoms with E-state index in [1.165, 1.54) is 36.6 Å². The van der Waals surface area contributed by atoms with E-state index in [2.05, 4.69) is 48.7 Å². The SMILES string of the molecule is CC(=O)N[C@@H](Cc1cc(F)cc(F)c1)[C@@H](N)CNC1(c2cccc(C(C)C)c2)CCCCC1. The minimum atomic E-state index is -0.635. The number of rotatable bonds is 9. The van der Waals surface area contributed by atoms with Gasteiger partial charge in [-0.1, -0.05) is 57.4 Å². The fraction of sp³-hybridized carbons (Fsp3) is 0.519. The molecule has 2 aromatic carbocycles. The molecule has 180 valence electrons. The number of nitrogens with one attached hydrogen (secondary N) is 2. The highest BCUT2D eigenvalue weighted by atomic mass is 19.1. The van der Waals surface area contributed by atoms with Crippen LogP contribution in [0.3, 0.4) is 0 Å². The molecule has 0 heterocycles. The number of hydrogen-bond donors (Lipinski definition) is 3. The summed E-state index contributed by atoms with van der Waals surface area (Å²) in [5, 5.41) is 6.64. The Labute approximate surface area is 196 Å². The molecule has 0 aromatic heterocycles. The third kappa shape index (κ3) is 6.84. The predicted octanol–water partition coefficient (Wildman–Crippen LogP) is 4.91. The van der Waals surface area contributed by atoms with E-state index in [9.17, 15) is 13.6 Å². The lowest BCUT2D eigenvalue weighted by Crippen LogP contribution is -2.56. The lowest BCUT2D eigenvalue weighted by Gasteiger charge is -2.41.